The van der Waals surface area contributed by atoms with Crippen LogP contribution in [-0.2, 0) is 4.79 Å². The Hall–Kier alpha value is -3.00. The van der Waals surface area contributed by atoms with Crippen molar-refractivity contribution in [2.24, 2.45) is 0 Å². The molecule has 0 unspecified atom stereocenters. The van der Waals surface area contributed by atoms with Crippen LogP contribution in [0, 0.1) is 24.4 Å². The number of nitrogens with one attached hydrogen (secondary N) is 1. The van der Waals surface area contributed by atoms with Crippen molar-refractivity contribution < 1.29 is 27.1 Å². The maximum absolute atomic E-state index is 13.7. The predicted molar refractivity (Wildman–Crippen MR) is 97.3 cm³/mol. The lowest BCUT2D eigenvalue weighted by atomic mass is 10.1. The number of halogens is 4. The molecule has 0 fully saturated rings. The monoisotopic (exact) mass is 411 g/mol. The highest BCUT2D eigenvalue weighted by molar-refractivity contribution is 6.32. The van der Waals surface area contributed by atoms with E-state index in [2.05, 4.69) is 5.32 Å². The van der Waals surface area contributed by atoms with Gasteiger partial charge in [-0.3, -0.25) is 4.79 Å². The molecule has 0 bridgehead atoms. The molecule has 0 saturated carbocycles. The van der Waals surface area contributed by atoms with Gasteiger partial charge in [0.05, 0.1) is 10.7 Å². The molecule has 146 valence electrons. The summed E-state index contributed by atoms with van der Waals surface area (Å²) in [6.07, 6.45) is -1.18. The molecule has 0 aliphatic carbocycles. The van der Waals surface area contributed by atoms with Gasteiger partial charge in [0.25, 0.3) is 5.91 Å². The molecule has 28 heavy (non-hydrogen) atoms. The number of carbonyl (C=O) groups is 1. The summed E-state index contributed by atoms with van der Waals surface area (Å²) in [6, 6.07) is 5.76. The standard InChI is InChI=1S/C19H13ClF3NO4/c1-8-5-16(25)28-14-7-15(11(20)6-10(8)14)27-9(2)19(26)24-13-4-3-12(21)17(22)18(13)23/h3-7,9H,1-2H3,(H,24,26)/t9-/m1/s1. The fourth-order valence-corrected chi connectivity index (χ4v) is 2.72. The summed E-state index contributed by atoms with van der Waals surface area (Å²) in [6.45, 7) is 3.06. The smallest absolute Gasteiger partial charge is 0.336 e. The highest BCUT2D eigenvalue weighted by Gasteiger charge is 2.21. The van der Waals surface area contributed by atoms with Crippen molar-refractivity contribution in [2.45, 2.75) is 20.0 Å². The molecule has 3 rings (SSSR count). The van der Waals surface area contributed by atoms with E-state index in [9.17, 15) is 22.8 Å². The minimum absolute atomic E-state index is 0.0522. The fraction of sp³-hybridized carbons (Fsp3) is 0.158. The van der Waals surface area contributed by atoms with Gasteiger partial charge in [-0.05, 0) is 37.6 Å². The van der Waals surface area contributed by atoms with Crippen LogP contribution in [0.3, 0.4) is 0 Å². The zero-order valence-corrected chi connectivity index (χ0v) is 15.4. The molecule has 1 aromatic heterocycles. The third kappa shape index (κ3) is 3.82. The van der Waals surface area contributed by atoms with Gasteiger partial charge in [-0.15, -0.1) is 0 Å². The third-order valence-electron chi connectivity index (χ3n) is 3.97. The Balaban J connectivity index is 1.83. The Morgan fingerprint density at radius 3 is 2.61 bits per heavy atom. The largest absolute Gasteiger partial charge is 0.479 e. The number of fused-ring (bicyclic) bond motifs is 1. The predicted octanol–water partition coefficient (Wildman–Crippen LogP) is 4.58. The second-order valence-electron chi connectivity index (χ2n) is 6.00. The highest BCUT2D eigenvalue weighted by atomic mass is 35.5. The highest BCUT2D eigenvalue weighted by Crippen LogP contribution is 2.32. The first-order valence-corrected chi connectivity index (χ1v) is 8.40. The van der Waals surface area contributed by atoms with Crippen LogP contribution in [0.15, 0.2) is 39.5 Å². The zero-order chi connectivity index (χ0) is 20.6. The molecule has 0 radical (unpaired) electrons. The van der Waals surface area contributed by atoms with Crippen LogP contribution in [0.1, 0.15) is 12.5 Å². The number of carbonyl (C=O) groups excluding carboxylic acids is 1. The number of ether oxygens (including phenoxy) is 1. The minimum atomic E-state index is -1.70. The van der Waals surface area contributed by atoms with Gasteiger partial charge >= 0.3 is 5.63 Å². The van der Waals surface area contributed by atoms with E-state index in [1.807, 2.05) is 0 Å². The topological polar surface area (TPSA) is 68.5 Å². The number of hydrogen-bond acceptors (Lipinski definition) is 4. The lowest BCUT2D eigenvalue weighted by Gasteiger charge is -2.16. The van der Waals surface area contributed by atoms with Gasteiger partial charge in [-0.25, -0.2) is 18.0 Å². The maximum atomic E-state index is 13.7. The van der Waals surface area contributed by atoms with Crippen LogP contribution in [-0.4, -0.2) is 12.0 Å². The SMILES string of the molecule is Cc1cc(=O)oc2cc(O[C@H](C)C(=O)Nc3ccc(F)c(F)c3F)c(Cl)cc12. The van der Waals surface area contributed by atoms with E-state index in [4.69, 9.17) is 20.8 Å². The van der Waals surface area contributed by atoms with Gasteiger partial charge < -0.3 is 14.5 Å². The molecule has 9 heteroatoms. The Morgan fingerprint density at radius 2 is 1.89 bits per heavy atom. The van der Waals surface area contributed by atoms with Gasteiger partial charge in [0.1, 0.15) is 11.3 Å². The molecule has 1 heterocycles. The van der Waals surface area contributed by atoms with E-state index in [0.29, 0.717) is 17.0 Å². The molecular weight excluding hydrogens is 399 g/mol. The molecular formula is C19H13ClF3NO4. The molecule has 0 spiro atoms. The lowest BCUT2D eigenvalue weighted by Crippen LogP contribution is -2.30. The second kappa shape index (κ2) is 7.55. The number of benzene rings is 2. The van der Waals surface area contributed by atoms with Gasteiger partial charge in [0, 0.05) is 17.5 Å². The summed E-state index contributed by atoms with van der Waals surface area (Å²) >= 11 is 6.16. The van der Waals surface area contributed by atoms with Crippen molar-refractivity contribution >= 4 is 34.2 Å². The fourth-order valence-electron chi connectivity index (χ4n) is 2.51. The van der Waals surface area contributed by atoms with Crippen molar-refractivity contribution in [3.63, 3.8) is 0 Å². The van der Waals surface area contributed by atoms with Crippen LogP contribution in [0.2, 0.25) is 5.02 Å². The Morgan fingerprint density at radius 1 is 1.18 bits per heavy atom. The Labute approximate surface area is 161 Å². The summed E-state index contributed by atoms with van der Waals surface area (Å²) < 4.78 is 50.5. The molecule has 0 aliphatic rings. The van der Waals surface area contributed by atoms with E-state index in [0.717, 1.165) is 6.07 Å². The zero-order valence-electron chi connectivity index (χ0n) is 14.6. The van der Waals surface area contributed by atoms with E-state index in [1.165, 1.54) is 25.1 Å². The summed E-state index contributed by atoms with van der Waals surface area (Å²) in [5.41, 5.74) is -0.230. The van der Waals surface area contributed by atoms with Crippen molar-refractivity contribution in [1.29, 1.82) is 0 Å². The molecule has 2 aromatic carbocycles. The van der Waals surface area contributed by atoms with Gasteiger partial charge in [0.2, 0.25) is 0 Å². The normalized spacial score (nSPS) is 12.1. The summed E-state index contributed by atoms with van der Waals surface area (Å²) in [5, 5.41) is 2.86. The van der Waals surface area contributed by atoms with Crippen LogP contribution < -0.4 is 15.7 Å². The quantitative estimate of drug-likeness (QED) is 0.504. The average molecular weight is 412 g/mol. The van der Waals surface area contributed by atoms with Crippen LogP contribution >= 0.6 is 11.6 Å². The second-order valence-corrected chi connectivity index (χ2v) is 6.41. The van der Waals surface area contributed by atoms with Crippen LogP contribution in [0.4, 0.5) is 18.9 Å². The van der Waals surface area contributed by atoms with Gasteiger partial charge in [-0.1, -0.05) is 11.6 Å². The van der Waals surface area contributed by atoms with Crippen molar-refractivity contribution in [2.75, 3.05) is 5.32 Å². The first-order valence-electron chi connectivity index (χ1n) is 8.02. The summed E-state index contributed by atoms with van der Waals surface area (Å²) in [4.78, 5) is 23.7. The Kier molecular flexibility index (Phi) is 5.33. The maximum Gasteiger partial charge on any atom is 0.336 e. The number of amides is 1. The van der Waals surface area contributed by atoms with Crippen molar-refractivity contribution in [1.82, 2.24) is 0 Å². The molecule has 0 aliphatic heterocycles. The van der Waals surface area contributed by atoms with Gasteiger partial charge in [-0.2, -0.15) is 0 Å². The summed E-state index contributed by atoms with van der Waals surface area (Å²) in [7, 11) is 0. The van der Waals surface area contributed by atoms with E-state index >= 15 is 0 Å². The van der Waals surface area contributed by atoms with Gasteiger partial charge in [0.15, 0.2) is 23.6 Å². The number of anilines is 1. The Bertz CT molecular complexity index is 1150. The number of rotatable bonds is 4. The molecule has 1 N–H and O–H groups in total. The molecule has 1 atom stereocenters. The average Bonchev–Trinajstić information content (AvgIpc) is 2.63. The summed E-state index contributed by atoms with van der Waals surface area (Å²) in [5.74, 6) is -5.38. The van der Waals surface area contributed by atoms with E-state index < -0.39 is 40.8 Å². The van der Waals surface area contributed by atoms with E-state index in [1.54, 1.807) is 6.92 Å². The number of hydrogen-bond donors (Lipinski definition) is 1. The molecule has 3 aromatic rings. The minimum Gasteiger partial charge on any atom is -0.479 e. The van der Waals surface area contributed by atoms with Crippen molar-refractivity contribution in [3.8, 4) is 5.75 Å². The van der Waals surface area contributed by atoms with Crippen LogP contribution in [0.25, 0.3) is 11.0 Å². The lowest BCUT2D eigenvalue weighted by molar-refractivity contribution is -0.122. The van der Waals surface area contributed by atoms with Crippen molar-refractivity contribution in [3.05, 3.63) is 68.8 Å². The third-order valence-corrected chi connectivity index (χ3v) is 4.27. The molecule has 5 nitrogen and oxygen atoms in total. The number of aryl methyl sites for hydroxylation is 1. The first-order chi connectivity index (χ1) is 13.2. The van der Waals surface area contributed by atoms with Crippen LogP contribution in [0.5, 0.6) is 5.75 Å². The van der Waals surface area contributed by atoms with E-state index in [-0.39, 0.29) is 16.4 Å². The molecule has 1 amide bonds. The first kappa shape index (κ1) is 19.8. The molecule has 0 saturated heterocycles.